The number of fused-ring (bicyclic) bond motifs is 1. The van der Waals surface area contributed by atoms with Gasteiger partial charge in [-0.1, -0.05) is 18.2 Å². The van der Waals surface area contributed by atoms with Crippen molar-refractivity contribution in [2.24, 2.45) is 0 Å². The molecule has 0 bridgehead atoms. The van der Waals surface area contributed by atoms with Gasteiger partial charge in [0.2, 0.25) is 0 Å². The van der Waals surface area contributed by atoms with E-state index in [-0.39, 0.29) is 6.54 Å². The van der Waals surface area contributed by atoms with Gasteiger partial charge in [0, 0.05) is 11.9 Å². The van der Waals surface area contributed by atoms with E-state index in [9.17, 15) is 9.59 Å². The second kappa shape index (κ2) is 5.28. The molecule has 7 heteroatoms. The van der Waals surface area contributed by atoms with Gasteiger partial charge in [0.25, 0.3) is 0 Å². The molecular formula is C16H13N3O4. The Bertz CT molecular complexity index is 916. The van der Waals surface area contributed by atoms with Crippen LogP contribution in [0.2, 0.25) is 0 Å². The van der Waals surface area contributed by atoms with Crippen LogP contribution in [0, 0.1) is 0 Å². The number of pyridine rings is 1. The molecule has 0 radical (unpaired) electrons. The quantitative estimate of drug-likeness (QED) is 0.739. The lowest BCUT2D eigenvalue weighted by Gasteiger charge is -2.12. The van der Waals surface area contributed by atoms with Gasteiger partial charge in [0.05, 0.1) is 13.1 Å². The highest BCUT2D eigenvalue weighted by molar-refractivity contribution is 5.89. The number of anilines is 1. The Hall–Kier alpha value is -3.09. The van der Waals surface area contributed by atoms with Crippen LogP contribution < -0.4 is 10.7 Å². The van der Waals surface area contributed by atoms with Crippen molar-refractivity contribution in [3.63, 3.8) is 0 Å². The Labute approximate surface area is 130 Å². The van der Waals surface area contributed by atoms with Crippen molar-refractivity contribution in [1.29, 1.82) is 0 Å². The maximum atomic E-state index is 12.0. The van der Waals surface area contributed by atoms with Crippen LogP contribution in [0.5, 0.6) is 0 Å². The lowest BCUT2D eigenvalue weighted by atomic mass is 10.2. The molecule has 0 unspecified atom stereocenters. The molecule has 1 amide bonds. The summed E-state index contributed by atoms with van der Waals surface area (Å²) < 4.78 is 11.9. The van der Waals surface area contributed by atoms with Crippen molar-refractivity contribution >= 4 is 23.0 Å². The van der Waals surface area contributed by atoms with E-state index in [1.165, 1.54) is 4.57 Å². The molecule has 4 rings (SSSR count). The third-order valence-corrected chi connectivity index (χ3v) is 3.75. The summed E-state index contributed by atoms with van der Waals surface area (Å²) in [6.07, 6.45) is 0.725. The number of hydrogen-bond donors (Lipinski definition) is 0. The first-order chi connectivity index (χ1) is 11.2. The van der Waals surface area contributed by atoms with E-state index in [1.807, 2.05) is 30.3 Å². The normalized spacial score (nSPS) is 17.7. The summed E-state index contributed by atoms with van der Waals surface area (Å²) in [6.45, 7) is 0.576. The summed E-state index contributed by atoms with van der Waals surface area (Å²) in [5.74, 6) is -0.507. The third-order valence-electron chi connectivity index (χ3n) is 3.75. The van der Waals surface area contributed by atoms with E-state index in [0.29, 0.717) is 17.8 Å². The van der Waals surface area contributed by atoms with Crippen molar-refractivity contribution in [3.05, 3.63) is 59.2 Å². The number of rotatable bonds is 3. The maximum absolute atomic E-state index is 12.0. The number of cyclic esters (lactones) is 1. The highest BCUT2D eigenvalue weighted by Gasteiger charge is 2.33. The molecule has 7 nitrogen and oxygen atoms in total. The Balaban J connectivity index is 1.59. The summed E-state index contributed by atoms with van der Waals surface area (Å²) in [6, 6.07) is 12.6. The fraction of sp³-hybridized carbons (Fsp3) is 0.188. The minimum atomic E-state index is -0.507. The average molecular weight is 311 g/mol. The van der Waals surface area contributed by atoms with Crippen molar-refractivity contribution in [3.8, 4) is 0 Å². The first-order valence-electron chi connectivity index (χ1n) is 7.20. The number of ether oxygens (including phenoxy) is 1. The minimum Gasteiger partial charge on any atom is -0.442 e. The van der Waals surface area contributed by atoms with Crippen LogP contribution in [0.4, 0.5) is 10.5 Å². The summed E-state index contributed by atoms with van der Waals surface area (Å²) in [7, 11) is 0. The Morgan fingerprint density at radius 2 is 1.96 bits per heavy atom. The highest BCUT2D eigenvalue weighted by atomic mass is 16.6. The zero-order chi connectivity index (χ0) is 15.8. The first kappa shape index (κ1) is 13.6. The summed E-state index contributed by atoms with van der Waals surface area (Å²) >= 11 is 0. The number of carbonyl (C=O) groups is 1. The van der Waals surface area contributed by atoms with Gasteiger partial charge < -0.3 is 9.15 Å². The summed E-state index contributed by atoms with van der Waals surface area (Å²) in [5, 5.41) is 0. The maximum Gasteiger partial charge on any atom is 0.421 e. The molecule has 0 N–H and O–H groups in total. The number of aromatic nitrogens is 2. The summed E-state index contributed by atoms with van der Waals surface area (Å²) in [5.41, 5.74) is 1.64. The molecule has 0 aliphatic carbocycles. The standard InChI is InChI=1S/C16H13N3O4/c20-15-18(11-5-2-1-3-6-11)9-12(22-15)10-19-14-13(23-16(19)21)7-4-8-17-14/h1-8,12H,9-10H2/t12-/m0/s1. The molecule has 23 heavy (non-hydrogen) atoms. The van der Waals surface area contributed by atoms with Crippen LogP contribution in [0.25, 0.3) is 11.2 Å². The van der Waals surface area contributed by atoms with Gasteiger partial charge in [-0.25, -0.2) is 14.6 Å². The number of nitrogens with zero attached hydrogens (tertiary/aromatic N) is 3. The van der Waals surface area contributed by atoms with Crippen LogP contribution in [-0.4, -0.2) is 28.3 Å². The van der Waals surface area contributed by atoms with Crippen molar-refractivity contribution in [1.82, 2.24) is 9.55 Å². The molecular weight excluding hydrogens is 298 g/mol. The molecule has 0 saturated carbocycles. The van der Waals surface area contributed by atoms with Gasteiger partial charge in [-0.2, -0.15) is 0 Å². The molecule has 3 heterocycles. The van der Waals surface area contributed by atoms with Gasteiger partial charge in [-0.15, -0.1) is 0 Å². The van der Waals surface area contributed by atoms with Crippen LogP contribution in [0.3, 0.4) is 0 Å². The number of benzene rings is 1. The lowest BCUT2D eigenvalue weighted by molar-refractivity contribution is 0.131. The van der Waals surface area contributed by atoms with Gasteiger partial charge in [-0.3, -0.25) is 9.47 Å². The predicted molar refractivity (Wildman–Crippen MR) is 82.3 cm³/mol. The molecule has 0 spiro atoms. The zero-order valence-corrected chi connectivity index (χ0v) is 12.1. The fourth-order valence-corrected chi connectivity index (χ4v) is 2.70. The van der Waals surface area contributed by atoms with E-state index in [2.05, 4.69) is 4.98 Å². The van der Waals surface area contributed by atoms with E-state index in [0.717, 1.165) is 5.69 Å². The van der Waals surface area contributed by atoms with Crippen molar-refractivity contribution in [2.75, 3.05) is 11.4 Å². The molecule has 116 valence electrons. The molecule has 1 saturated heterocycles. The Kier molecular flexibility index (Phi) is 3.11. The number of para-hydroxylation sites is 1. The number of hydrogen-bond acceptors (Lipinski definition) is 5. The molecule has 3 aromatic rings. The zero-order valence-electron chi connectivity index (χ0n) is 12.1. The molecule has 2 aromatic heterocycles. The third kappa shape index (κ3) is 2.36. The minimum absolute atomic E-state index is 0.206. The second-order valence-electron chi connectivity index (χ2n) is 5.26. The average Bonchev–Trinajstić information content (AvgIpc) is 3.09. The Morgan fingerprint density at radius 3 is 2.78 bits per heavy atom. The van der Waals surface area contributed by atoms with Crippen LogP contribution >= 0.6 is 0 Å². The van der Waals surface area contributed by atoms with Gasteiger partial charge >= 0.3 is 11.8 Å². The van der Waals surface area contributed by atoms with E-state index < -0.39 is 18.0 Å². The van der Waals surface area contributed by atoms with Gasteiger partial charge in [0.1, 0.15) is 6.10 Å². The highest BCUT2D eigenvalue weighted by Crippen LogP contribution is 2.22. The molecule has 1 aromatic carbocycles. The molecule has 1 aliphatic rings. The van der Waals surface area contributed by atoms with Gasteiger partial charge in [-0.05, 0) is 24.3 Å². The van der Waals surface area contributed by atoms with Crippen molar-refractivity contribution in [2.45, 2.75) is 12.6 Å². The number of amides is 1. The van der Waals surface area contributed by atoms with E-state index >= 15 is 0 Å². The van der Waals surface area contributed by atoms with E-state index in [4.69, 9.17) is 9.15 Å². The monoisotopic (exact) mass is 311 g/mol. The molecule has 1 atom stereocenters. The number of oxazole rings is 1. The predicted octanol–water partition coefficient (Wildman–Crippen LogP) is 2.01. The van der Waals surface area contributed by atoms with Crippen LogP contribution in [0.15, 0.2) is 57.9 Å². The van der Waals surface area contributed by atoms with Crippen LogP contribution in [0.1, 0.15) is 0 Å². The van der Waals surface area contributed by atoms with Gasteiger partial charge in [0.15, 0.2) is 11.2 Å². The topological polar surface area (TPSA) is 77.6 Å². The molecule has 1 fully saturated rings. The van der Waals surface area contributed by atoms with Crippen LogP contribution in [-0.2, 0) is 11.3 Å². The Morgan fingerprint density at radius 1 is 1.13 bits per heavy atom. The smallest absolute Gasteiger partial charge is 0.421 e. The number of carbonyl (C=O) groups excluding carboxylic acids is 1. The SMILES string of the molecule is O=C1O[C@H](Cn2c(=O)oc3cccnc32)CN1c1ccccc1. The van der Waals surface area contributed by atoms with E-state index in [1.54, 1.807) is 23.2 Å². The fourth-order valence-electron chi connectivity index (χ4n) is 2.70. The second-order valence-corrected chi connectivity index (χ2v) is 5.26. The molecule has 1 aliphatic heterocycles. The lowest BCUT2D eigenvalue weighted by Crippen LogP contribution is -2.28. The first-order valence-corrected chi connectivity index (χ1v) is 7.20. The largest absolute Gasteiger partial charge is 0.442 e. The van der Waals surface area contributed by atoms with Crippen molar-refractivity contribution < 1.29 is 13.9 Å². The summed E-state index contributed by atoms with van der Waals surface area (Å²) in [4.78, 5) is 29.7.